The zero-order valence-corrected chi connectivity index (χ0v) is 9.15. The number of H-pyrrole nitrogens is 1. The average molecular weight is 226 g/mol. The third-order valence-electron chi connectivity index (χ3n) is 2.02. The first-order valence-corrected chi connectivity index (χ1v) is 4.74. The summed E-state index contributed by atoms with van der Waals surface area (Å²) in [5.41, 5.74) is 5.23. The van der Waals surface area contributed by atoms with Gasteiger partial charge in [0.1, 0.15) is 0 Å². The van der Waals surface area contributed by atoms with E-state index in [0.29, 0.717) is 6.54 Å². The average Bonchev–Trinajstić information content (AvgIpc) is 2.71. The molecule has 1 aromatic rings. The number of likely N-dealkylation sites (N-methyl/N-ethyl adjacent to an activating group) is 1. The summed E-state index contributed by atoms with van der Waals surface area (Å²) in [5.74, 6) is -0.711. The van der Waals surface area contributed by atoms with Crippen molar-refractivity contribution in [2.75, 3.05) is 25.9 Å². The summed E-state index contributed by atoms with van der Waals surface area (Å²) in [7, 11) is 1.65. The summed E-state index contributed by atoms with van der Waals surface area (Å²) in [6.07, 6.45) is 0. The molecule has 0 aromatic carbocycles. The Hall–Kier alpha value is -2.12. The monoisotopic (exact) mass is 226 g/mol. The maximum atomic E-state index is 11.4. The molecular weight excluding hydrogens is 212 g/mol. The van der Waals surface area contributed by atoms with E-state index < -0.39 is 5.91 Å². The number of nitrogens with one attached hydrogen (secondary N) is 2. The van der Waals surface area contributed by atoms with E-state index in [1.807, 2.05) is 6.92 Å². The molecule has 4 N–H and O–H groups in total. The minimum Gasteiger partial charge on any atom is -0.366 e. The molecular formula is C8H14N6O2. The molecule has 0 spiro atoms. The highest BCUT2D eigenvalue weighted by atomic mass is 16.2. The van der Waals surface area contributed by atoms with Gasteiger partial charge in [-0.05, 0) is 6.92 Å². The number of hydrogen-bond donors (Lipinski definition) is 3. The molecule has 88 valence electrons. The fraction of sp³-hybridized carbons (Fsp3) is 0.500. The largest absolute Gasteiger partial charge is 0.366 e. The van der Waals surface area contributed by atoms with Gasteiger partial charge in [0, 0.05) is 13.6 Å². The van der Waals surface area contributed by atoms with Crippen LogP contribution in [0.5, 0.6) is 0 Å². The van der Waals surface area contributed by atoms with Crippen LogP contribution in [0.1, 0.15) is 17.5 Å². The highest BCUT2D eigenvalue weighted by Crippen LogP contribution is 1.92. The van der Waals surface area contributed by atoms with Gasteiger partial charge in [-0.2, -0.15) is 4.98 Å². The number of aromatic nitrogens is 3. The molecule has 1 aromatic heterocycles. The van der Waals surface area contributed by atoms with E-state index in [9.17, 15) is 9.59 Å². The number of amides is 2. The molecule has 0 aliphatic rings. The molecule has 8 heteroatoms. The van der Waals surface area contributed by atoms with Crippen LogP contribution in [0.3, 0.4) is 0 Å². The molecule has 0 radical (unpaired) electrons. The van der Waals surface area contributed by atoms with E-state index in [0.717, 1.165) is 0 Å². The van der Waals surface area contributed by atoms with Crippen LogP contribution < -0.4 is 11.1 Å². The lowest BCUT2D eigenvalue weighted by molar-refractivity contribution is -0.128. The minimum atomic E-state index is -0.512. The quantitative estimate of drug-likeness (QED) is 0.583. The molecule has 0 saturated heterocycles. The molecule has 2 amide bonds. The zero-order chi connectivity index (χ0) is 12.1. The first-order chi connectivity index (χ1) is 7.54. The van der Waals surface area contributed by atoms with Crippen LogP contribution in [0.25, 0.3) is 0 Å². The van der Waals surface area contributed by atoms with Gasteiger partial charge >= 0.3 is 0 Å². The van der Waals surface area contributed by atoms with Gasteiger partial charge in [0.2, 0.25) is 17.7 Å². The summed E-state index contributed by atoms with van der Waals surface area (Å²) < 4.78 is 0. The van der Waals surface area contributed by atoms with Gasteiger partial charge in [0.15, 0.2) is 0 Å². The van der Waals surface area contributed by atoms with Crippen molar-refractivity contribution in [2.45, 2.75) is 6.92 Å². The summed E-state index contributed by atoms with van der Waals surface area (Å²) in [6.45, 7) is 2.35. The molecule has 0 aliphatic carbocycles. The van der Waals surface area contributed by atoms with Crippen LogP contribution in [0.4, 0.5) is 5.95 Å². The second-order valence-electron chi connectivity index (χ2n) is 3.13. The van der Waals surface area contributed by atoms with Crippen molar-refractivity contribution in [1.82, 2.24) is 25.4 Å². The maximum absolute atomic E-state index is 11.4. The van der Waals surface area contributed by atoms with Gasteiger partial charge in [-0.25, -0.2) is 0 Å². The van der Waals surface area contributed by atoms with Gasteiger partial charge in [-0.3, -0.25) is 14.7 Å². The highest BCUT2D eigenvalue weighted by Gasteiger charge is 2.13. The third-order valence-corrected chi connectivity index (χ3v) is 2.02. The normalized spacial score (nSPS) is 9.88. The van der Waals surface area contributed by atoms with Gasteiger partial charge in [-0.15, -0.1) is 5.10 Å². The number of hydrogen-bond acceptors (Lipinski definition) is 5. The maximum Gasteiger partial charge on any atom is 0.289 e. The first-order valence-electron chi connectivity index (χ1n) is 4.74. The Kier molecular flexibility index (Phi) is 3.81. The number of rotatable bonds is 4. The molecule has 0 bridgehead atoms. The van der Waals surface area contributed by atoms with Crippen LogP contribution >= 0.6 is 0 Å². The predicted molar refractivity (Wildman–Crippen MR) is 56.4 cm³/mol. The molecule has 0 unspecified atom stereocenters. The van der Waals surface area contributed by atoms with Gasteiger partial charge < -0.3 is 16.0 Å². The van der Waals surface area contributed by atoms with Crippen molar-refractivity contribution in [3.05, 3.63) is 5.82 Å². The van der Waals surface area contributed by atoms with E-state index >= 15 is 0 Å². The lowest BCUT2D eigenvalue weighted by Gasteiger charge is -2.14. The zero-order valence-electron chi connectivity index (χ0n) is 9.15. The van der Waals surface area contributed by atoms with Crippen molar-refractivity contribution in [2.24, 2.45) is 0 Å². The molecule has 16 heavy (non-hydrogen) atoms. The number of nitrogens with zero attached hydrogens (tertiary/aromatic N) is 3. The molecule has 0 fully saturated rings. The molecule has 1 heterocycles. The molecule has 1 rings (SSSR count). The number of anilines is 1. The van der Waals surface area contributed by atoms with Crippen LogP contribution in [-0.2, 0) is 4.79 Å². The Morgan fingerprint density at radius 2 is 2.25 bits per heavy atom. The predicted octanol–water partition coefficient (Wildman–Crippen LogP) is -1.40. The first kappa shape index (κ1) is 12.0. The Morgan fingerprint density at radius 1 is 1.56 bits per heavy atom. The van der Waals surface area contributed by atoms with Crippen LogP contribution in [0.2, 0.25) is 0 Å². The Labute approximate surface area is 92.2 Å². The fourth-order valence-corrected chi connectivity index (χ4v) is 0.927. The van der Waals surface area contributed by atoms with Gasteiger partial charge in [0.25, 0.3) is 5.91 Å². The Morgan fingerprint density at radius 3 is 2.75 bits per heavy atom. The topological polar surface area (TPSA) is 117 Å². The minimum absolute atomic E-state index is 0.00977. The molecule has 0 saturated carbocycles. The van der Waals surface area contributed by atoms with Gasteiger partial charge in [0.05, 0.1) is 6.54 Å². The number of aromatic amines is 1. The van der Waals surface area contributed by atoms with E-state index in [1.54, 1.807) is 7.05 Å². The standard InChI is InChI=1S/C8H14N6O2/c1-3-14(2)5(15)4-10-7(16)6-11-8(9)13-12-6/h3-4H2,1-2H3,(H,10,16)(H3,9,11,12,13). The summed E-state index contributed by atoms with van der Waals surface area (Å²) in [6, 6.07) is 0. The fourth-order valence-electron chi connectivity index (χ4n) is 0.927. The lowest BCUT2D eigenvalue weighted by atomic mass is 10.4. The lowest BCUT2D eigenvalue weighted by Crippen LogP contribution is -2.38. The summed E-state index contributed by atoms with van der Waals surface area (Å²) >= 11 is 0. The second-order valence-corrected chi connectivity index (χ2v) is 3.13. The molecule has 0 atom stereocenters. The Balaban J connectivity index is 2.44. The summed E-state index contributed by atoms with van der Waals surface area (Å²) in [5, 5.41) is 8.26. The van der Waals surface area contributed by atoms with Crippen LogP contribution in [0.15, 0.2) is 0 Å². The number of carbonyl (C=O) groups is 2. The van der Waals surface area contributed by atoms with Crippen molar-refractivity contribution in [3.63, 3.8) is 0 Å². The summed E-state index contributed by atoms with van der Waals surface area (Å²) in [4.78, 5) is 27.9. The SMILES string of the molecule is CCN(C)C(=O)CNC(=O)c1nc(N)n[nH]1. The highest BCUT2D eigenvalue weighted by molar-refractivity contribution is 5.93. The molecule has 0 aliphatic heterocycles. The van der Waals surface area contributed by atoms with Crippen molar-refractivity contribution in [3.8, 4) is 0 Å². The number of nitrogens with two attached hydrogens (primary N) is 1. The van der Waals surface area contributed by atoms with Gasteiger partial charge in [-0.1, -0.05) is 0 Å². The third kappa shape index (κ3) is 2.94. The Bertz CT molecular complexity index is 388. The van der Waals surface area contributed by atoms with Crippen molar-refractivity contribution >= 4 is 17.8 Å². The van der Waals surface area contributed by atoms with Crippen molar-refractivity contribution in [1.29, 1.82) is 0 Å². The molecule has 8 nitrogen and oxygen atoms in total. The van der Waals surface area contributed by atoms with E-state index in [-0.39, 0.29) is 24.2 Å². The smallest absolute Gasteiger partial charge is 0.289 e. The van der Waals surface area contributed by atoms with Crippen molar-refractivity contribution < 1.29 is 9.59 Å². The van der Waals surface area contributed by atoms with E-state index in [4.69, 9.17) is 5.73 Å². The van der Waals surface area contributed by atoms with Crippen LogP contribution in [0, 0.1) is 0 Å². The number of nitrogen functional groups attached to an aromatic ring is 1. The van der Waals surface area contributed by atoms with Crippen LogP contribution in [-0.4, -0.2) is 52.0 Å². The van der Waals surface area contributed by atoms with E-state index in [1.165, 1.54) is 4.90 Å². The number of carbonyl (C=O) groups excluding carboxylic acids is 2. The second kappa shape index (κ2) is 5.10. The van der Waals surface area contributed by atoms with E-state index in [2.05, 4.69) is 20.5 Å².